The van der Waals surface area contributed by atoms with Gasteiger partial charge in [-0.2, -0.15) is 0 Å². The van der Waals surface area contributed by atoms with E-state index in [1.54, 1.807) is 17.8 Å². The molecule has 0 aromatic heterocycles. The zero-order chi connectivity index (χ0) is 16.9. The van der Waals surface area contributed by atoms with Crippen LogP contribution < -0.4 is 10.6 Å². The fourth-order valence-electron chi connectivity index (χ4n) is 2.70. The number of carbonyl (C=O) groups is 1. The van der Waals surface area contributed by atoms with Crippen molar-refractivity contribution in [3.05, 3.63) is 59.4 Å². The molecule has 2 N–H and O–H groups in total. The van der Waals surface area contributed by atoms with E-state index in [9.17, 15) is 9.18 Å². The van der Waals surface area contributed by atoms with Crippen LogP contribution >= 0.6 is 24.2 Å². The van der Waals surface area contributed by atoms with Gasteiger partial charge in [0.2, 0.25) is 5.91 Å². The Morgan fingerprint density at radius 3 is 2.80 bits per heavy atom. The van der Waals surface area contributed by atoms with Crippen molar-refractivity contribution in [3.8, 4) is 0 Å². The van der Waals surface area contributed by atoms with Crippen molar-refractivity contribution < 1.29 is 9.18 Å². The molecule has 2 aromatic rings. The van der Waals surface area contributed by atoms with E-state index in [4.69, 9.17) is 0 Å². The predicted octanol–water partition coefficient (Wildman–Crippen LogP) is 4.26. The Balaban J connectivity index is 0.00000225. The summed E-state index contributed by atoms with van der Waals surface area (Å²) in [6.45, 7) is 3.32. The van der Waals surface area contributed by atoms with Gasteiger partial charge in [0.25, 0.3) is 0 Å². The third kappa shape index (κ3) is 4.97. The highest BCUT2D eigenvalue weighted by Crippen LogP contribution is 2.26. The maximum Gasteiger partial charge on any atom is 0.228 e. The summed E-state index contributed by atoms with van der Waals surface area (Å²) in [5.41, 5.74) is 1.99. The maximum atomic E-state index is 14.6. The van der Waals surface area contributed by atoms with Gasteiger partial charge in [0, 0.05) is 23.1 Å². The number of rotatable bonds is 5. The van der Waals surface area contributed by atoms with Gasteiger partial charge in [-0.05, 0) is 42.3 Å². The van der Waals surface area contributed by atoms with Crippen LogP contribution in [0.4, 0.5) is 10.1 Å². The number of anilines is 1. The van der Waals surface area contributed by atoms with Crippen LogP contribution in [0.2, 0.25) is 0 Å². The van der Waals surface area contributed by atoms with Crippen molar-refractivity contribution in [2.24, 2.45) is 5.92 Å². The molecule has 3 nitrogen and oxygen atoms in total. The van der Waals surface area contributed by atoms with Crippen LogP contribution in [0.1, 0.15) is 18.1 Å². The van der Waals surface area contributed by atoms with Crippen molar-refractivity contribution in [1.82, 2.24) is 5.32 Å². The lowest BCUT2D eigenvalue weighted by atomic mass is 9.99. The first kappa shape index (κ1) is 19.8. The topological polar surface area (TPSA) is 41.1 Å². The first-order valence-corrected chi connectivity index (χ1v) is 9.13. The maximum absolute atomic E-state index is 14.6. The van der Waals surface area contributed by atoms with Gasteiger partial charge in [0.1, 0.15) is 5.82 Å². The molecule has 1 amide bonds. The molecule has 1 heterocycles. The van der Waals surface area contributed by atoms with E-state index in [2.05, 4.69) is 10.6 Å². The van der Waals surface area contributed by atoms with Crippen molar-refractivity contribution in [2.75, 3.05) is 17.6 Å². The standard InChI is InChI=1S/C19H21FN2OS.ClH/c1-13(12-24-15-5-3-2-4-6-15)19(23)22-17-8-7-14-11-21-10-9-16(14)18(17)20;/h2-8,13,21H,9-12H2,1H3,(H,22,23);1H. The molecule has 0 saturated heterocycles. The molecule has 0 aliphatic carbocycles. The molecule has 3 rings (SSSR count). The lowest BCUT2D eigenvalue weighted by Gasteiger charge is -2.20. The molecular weight excluding hydrogens is 359 g/mol. The quantitative estimate of drug-likeness (QED) is 0.761. The second-order valence-corrected chi connectivity index (χ2v) is 7.10. The molecule has 0 bridgehead atoms. The average molecular weight is 381 g/mol. The molecule has 1 atom stereocenters. The second-order valence-electron chi connectivity index (χ2n) is 6.01. The van der Waals surface area contributed by atoms with Gasteiger partial charge in [0.15, 0.2) is 0 Å². The summed E-state index contributed by atoms with van der Waals surface area (Å²) in [4.78, 5) is 13.5. The molecule has 134 valence electrons. The fraction of sp³-hybridized carbons (Fsp3) is 0.316. The first-order valence-electron chi connectivity index (χ1n) is 8.15. The minimum atomic E-state index is -0.287. The molecule has 6 heteroatoms. The minimum Gasteiger partial charge on any atom is -0.323 e. The number of hydrogen-bond donors (Lipinski definition) is 2. The van der Waals surface area contributed by atoms with Gasteiger partial charge >= 0.3 is 0 Å². The largest absolute Gasteiger partial charge is 0.323 e. The van der Waals surface area contributed by atoms with Crippen LogP contribution in [0.3, 0.4) is 0 Å². The van der Waals surface area contributed by atoms with E-state index < -0.39 is 0 Å². The van der Waals surface area contributed by atoms with E-state index in [0.29, 0.717) is 18.7 Å². The van der Waals surface area contributed by atoms with Crippen molar-refractivity contribution in [1.29, 1.82) is 0 Å². The lowest BCUT2D eigenvalue weighted by Crippen LogP contribution is -2.26. The number of amides is 1. The minimum absolute atomic E-state index is 0. The van der Waals surface area contributed by atoms with Gasteiger partial charge in [-0.1, -0.05) is 31.2 Å². The highest BCUT2D eigenvalue weighted by Gasteiger charge is 2.19. The Kier molecular flexibility index (Phi) is 7.29. The van der Waals surface area contributed by atoms with Crippen LogP contribution in [0.25, 0.3) is 0 Å². The Bertz CT molecular complexity index is 727. The molecule has 0 saturated carbocycles. The second kappa shape index (κ2) is 9.22. The molecule has 1 aliphatic rings. The van der Waals surface area contributed by atoms with E-state index in [0.717, 1.165) is 22.6 Å². The van der Waals surface area contributed by atoms with Crippen LogP contribution in [0.5, 0.6) is 0 Å². The molecular formula is C19H22ClFN2OS. The van der Waals surface area contributed by atoms with Crippen molar-refractivity contribution in [3.63, 3.8) is 0 Å². The summed E-state index contributed by atoms with van der Waals surface area (Å²) in [6, 6.07) is 13.5. The first-order chi connectivity index (χ1) is 11.6. The predicted molar refractivity (Wildman–Crippen MR) is 104 cm³/mol. The van der Waals surface area contributed by atoms with Crippen LogP contribution in [-0.4, -0.2) is 18.2 Å². The van der Waals surface area contributed by atoms with Crippen molar-refractivity contribution >= 4 is 35.8 Å². The van der Waals surface area contributed by atoms with Gasteiger partial charge < -0.3 is 10.6 Å². The van der Waals surface area contributed by atoms with Gasteiger partial charge in [-0.25, -0.2) is 4.39 Å². The zero-order valence-corrected chi connectivity index (χ0v) is 15.7. The average Bonchev–Trinajstić information content (AvgIpc) is 2.63. The number of benzene rings is 2. The molecule has 25 heavy (non-hydrogen) atoms. The third-order valence-corrected chi connectivity index (χ3v) is 5.43. The van der Waals surface area contributed by atoms with Gasteiger partial charge in [-0.3, -0.25) is 4.79 Å². The Morgan fingerprint density at radius 2 is 2.04 bits per heavy atom. The van der Waals surface area contributed by atoms with E-state index in [-0.39, 0.29) is 35.7 Å². The number of thioether (sulfide) groups is 1. The summed E-state index contributed by atoms with van der Waals surface area (Å²) in [7, 11) is 0. The number of carbonyl (C=O) groups excluding carboxylic acids is 1. The van der Waals surface area contributed by atoms with Crippen LogP contribution in [0.15, 0.2) is 47.4 Å². The highest BCUT2D eigenvalue weighted by molar-refractivity contribution is 7.99. The third-order valence-electron chi connectivity index (χ3n) is 4.16. The molecule has 0 radical (unpaired) electrons. The number of halogens is 2. The molecule has 2 aromatic carbocycles. The van der Waals surface area contributed by atoms with Gasteiger partial charge in [-0.15, -0.1) is 24.2 Å². The monoisotopic (exact) mass is 380 g/mol. The van der Waals surface area contributed by atoms with Gasteiger partial charge in [0.05, 0.1) is 5.69 Å². The molecule has 0 spiro atoms. The van der Waals surface area contributed by atoms with Crippen molar-refractivity contribution in [2.45, 2.75) is 24.8 Å². The molecule has 1 aliphatic heterocycles. The smallest absolute Gasteiger partial charge is 0.228 e. The number of fused-ring (bicyclic) bond motifs is 1. The zero-order valence-electron chi connectivity index (χ0n) is 14.0. The normalized spacial score (nSPS) is 14.2. The Hall–Kier alpha value is -1.56. The summed E-state index contributed by atoms with van der Waals surface area (Å²) < 4.78 is 14.6. The number of nitrogens with one attached hydrogen (secondary N) is 2. The van der Waals surface area contributed by atoms with E-state index in [1.807, 2.05) is 43.3 Å². The van der Waals surface area contributed by atoms with Crippen LogP contribution in [0, 0.1) is 11.7 Å². The Morgan fingerprint density at radius 1 is 1.28 bits per heavy atom. The summed E-state index contributed by atoms with van der Waals surface area (Å²) in [5, 5.41) is 5.97. The molecule has 1 unspecified atom stereocenters. The number of hydrogen-bond acceptors (Lipinski definition) is 3. The van der Waals surface area contributed by atoms with E-state index >= 15 is 0 Å². The molecule has 0 fully saturated rings. The SMILES string of the molecule is CC(CSc1ccccc1)C(=O)Nc1ccc2c(c1F)CCNC2.Cl. The summed E-state index contributed by atoms with van der Waals surface area (Å²) in [6.07, 6.45) is 0.657. The van der Waals surface area contributed by atoms with E-state index in [1.165, 1.54) is 0 Å². The Labute approximate surface area is 158 Å². The van der Waals surface area contributed by atoms with Crippen LogP contribution in [-0.2, 0) is 17.8 Å². The fourth-order valence-corrected chi connectivity index (χ4v) is 3.64. The summed E-state index contributed by atoms with van der Waals surface area (Å²) in [5.74, 6) is 0.0237. The lowest BCUT2D eigenvalue weighted by molar-refractivity contribution is -0.118. The summed E-state index contributed by atoms with van der Waals surface area (Å²) >= 11 is 1.63. The highest BCUT2D eigenvalue weighted by atomic mass is 35.5.